The maximum Gasteiger partial charge on any atom is 0.237 e. The third-order valence-corrected chi connectivity index (χ3v) is 2.30. The van der Waals surface area contributed by atoms with Gasteiger partial charge in [0, 0.05) is 7.11 Å². The number of rotatable bonds is 5. The van der Waals surface area contributed by atoms with Crippen molar-refractivity contribution in [1.29, 1.82) is 0 Å². The molecule has 0 radical (unpaired) electrons. The Hall–Kier alpha value is -0.610. The van der Waals surface area contributed by atoms with Gasteiger partial charge in [0.15, 0.2) is 0 Å². The van der Waals surface area contributed by atoms with Gasteiger partial charge in [-0.05, 0) is 6.42 Å². The first-order chi connectivity index (χ1) is 6.29. The van der Waals surface area contributed by atoms with Gasteiger partial charge in [-0.3, -0.25) is 10.1 Å². The Labute approximate surface area is 79.2 Å². The standard InChI is InChI=1S/C9H18N2O2/c1-3-4-8(6-13-2)11-7-10-5-9(11)12/h8,10H,3-7H2,1-2H3. The molecule has 1 aliphatic heterocycles. The van der Waals surface area contributed by atoms with Gasteiger partial charge in [-0.2, -0.15) is 0 Å². The molecule has 1 saturated heterocycles. The Kier molecular flexibility index (Phi) is 4.18. The van der Waals surface area contributed by atoms with Crippen LogP contribution in [-0.2, 0) is 9.53 Å². The molecule has 13 heavy (non-hydrogen) atoms. The van der Waals surface area contributed by atoms with Gasteiger partial charge in [0.1, 0.15) is 0 Å². The summed E-state index contributed by atoms with van der Waals surface area (Å²) in [5.74, 6) is 0.190. The summed E-state index contributed by atoms with van der Waals surface area (Å²) in [5.41, 5.74) is 0. The highest BCUT2D eigenvalue weighted by molar-refractivity contribution is 5.80. The largest absolute Gasteiger partial charge is 0.383 e. The van der Waals surface area contributed by atoms with Gasteiger partial charge in [-0.1, -0.05) is 13.3 Å². The molecule has 0 aliphatic carbocycles. The van der Waals surface area contributed by atoms with Crippen LogP contribution >= 0.6 is 0 Å². The minimum Gasteiger partial charge on any atom is -0.383 e. The number of hydrogen-bond acceptors (Lipinski definition) is 3. The molecule has 76 valence electrons. The van der Waals surface area contributed by atoms with Gasteiger partial charge in [-0.25, -0.2) is 0 Å². The zero-order valence-corrected chi connectivity index (χ0v) is 8.38. The molecule has 1 atom stereocenters. The SMILES string of the molecule is CCCC(COC)N1CNCC1=O. The van der Waals surface area contributed by atoms with Crippen LogP contribution in [0, 0.1) is 0 Å². The van der Waals surface area contributed by atoms with E-state index < -0.39 is 0 Å². The van der Waals surface area contributed by atoms with E-state index in [0.29, 0.717) is 19.8 Å². The third-order valence-electron chi connectivity index (χ3n) is 2.30. The fraction of sp³-hybridized carbons (Fsp3) is 0.889. The predicted octanol–water partition coefficient (Wildman–Crippen LogP) is 0.191. The number of ether oxygens (including phenoxy) is 1. The molecule has 1 unspecified atom stereocenters. The maximum absolute atomic E-state index is 11.4. The van der Waals surface area contributed by atoms with Crippen LogP contribution in [0.1, 0.15) is 19.8 Å². The maximum atomic E-state index is 11.4. The molecule has 0 aromatic rings. The van der Waals surface area contributed by atoms with Crippen LogP contribution in [0.2, 0.25) is 0 Å². The van der Waals surface area contributed by atoms with Crippen LogP contribution in [-0.4, -0.2) is 43.8 Å². The summed E-state index contributed by atoms with van der Waals surface area (Å²) in [6.07, 6.45) is 2.10. The number of amides is 1. The van der Waals surface area contributed by atoms with Gasteiger partial charge in [-0.15, -0.1) is 0 Å². The molecule has 4 heteroatoms. The average molecular weight is 186 g/mol. The summed E-state index contributed by atoms with van der Waals surface area (Å²) in [4.78, 5) is 13.2. The van der Waals surface area contributed by atoms with E-state index in [1.165, 1.54) is 0 Å². The van der Waals surface area contributed by atoms with Crippen LogP contribution in [0.5, 0.6) is 0 Å². The molecule has 1 heterocycles. The van der Waals surface area contributed by atoms with E-state index in [-0.39, 0.29) is 11.9 Å². The number of hydrogen-bond donors (Lipinski definition) is 1. The quantitative estimate of drug-likeness (QED) is 0.666. The Morgan fingerprint density at radius 3 is 2.92 bits per heavy atom. The number of nitrogens with one attached hydrogen (secondary N) is 1. The molecule has 0 saturated carbocycles. The Bertz CT molecular complexity index is 167. The molecule has 4 nitrogen and oxygen atoms in total. The average Bonchev–Trinajstić information content (AvgIpc) is 2.51. The molecule has 0 aromatic carbocycles. The van der Waals surface area contributed by atoms with Crippen molar-refractivity contribution in [2.75, 3.05) is 26.9 Å². The van der Waals surface area contributed by atoms with Crippen LogP contribution < -0.4 is 5.32 Å². The van der Waals surface area contributed by atoms with Crippen molar-refractivity contribution in [2.45, 2.75) is 25.8 Å². The number of carbonyl (C=O) groups is 1. The van der Waals surface area contributed by atoms with Gasteiger partial charge < -0.3 is 9.64 Å². The fourth-order valence-electron chi connectivity index (χ4n) is 1.66. The highest BCUT2D eigenvalue weighted by atomic mass is 16.5. The Morgan fingerprint density at radius 1 is 1.69 bits per heavy atom. The highest BCUT2D eigenvalue weighted by Gasteiger charge is 2.26. The molecular formula is C9H18N2O2. The van der Waals surface area contributed by atoms with Crippen LogP contribution in [0.3, 0.4) is 0 Å². The topological polar surface area (TPSA) is 41.6 Å². The summed E-state index contributed by atoms with van der Waals surface area (Å²) in [5, 5.41) is 3.04. The van der Waals surface area contributed by atoms with Crippen molar-refractivity contribution < 1.29 is 9.53 Å². The van der Waals surface area contributed by atoms with Gasteiger partial charge in [0.2, 0.25) is 5.91 Å². The van der Waals surface area contributed by atoms with Gasteiger partial charge in [0.05, 0.1) is 25.9 Å². The summed E-state index contributed by atoms with van der Waals surface area (Å²) < 4.78 is 5.10. The minimum absolute atomic E-state index is 0.190. The molecular weight excluding hydrogens is 168 g/mol. The van der Waals surface area contributed by atoms with E-state index in [9.17, 15) is 4.79 Å². The molecule has 1 rings (SSSR count). The van der Waals surface area contributed by atoms with E-state index in [2.05, 4.69) is 12.2 Å². The second kappa shape index (κ2) is 5.19. The monoisotopic (exact) mass is 186 g/mol. The molecule has 0 aromatic heterocycles. The zero-order chi connectivity index (χ0) is 9.68. The second-order valence-electron chi connectivity index (χ2n) is 3.35. The van der Waals surface area contributed by atoms with Gasteiger partial charge >= 0.3 is 0 Å². The molecule has 0 bridgehead atoms. The summed E-state index contributed by atoms with van der Waals surface area (Å²) >= 11 is 0. The van der Waals surface area contributed by atoms with E-state index in [0.717, 1.165) is 12.8 Å². The van der Waals surface area contributed by atoms with Gasteiger partial charge in [0.25, 0.3) is 0 Å². The first kappa shape index (κ1) is 10.5. The molecule has 1 fully saturated rings. The lowest BCUT2D eigenvalue weighted by molar-refractivity contribution is -0.129. The highest BCUT2D eigenvalue weighted by Crippen LogP contribution is 2.09. The fourth-order valence-corrected chi connectivity index (χ4v) is 1.66. The smallest absolute Gasteiger partial charge is 0.237 e. The number of carbonyl (C=O) groups excluding carboxylic acids is 1. The third kappa shape index (κ3) is 2.67. The molecule has 1 N–H and O–H groups in total. The lowest BCUT2D eigenvalue weighted by Gasteiger charge is -2.26. The van der Waals surface area contributed by atoms with Crippen molar-refractivity contribution in [1.82, 2.24) is 10.2 Å². The number of methoxy groups -OCH3 is 1. The zero-order valence-electron chi connectivity index (χ0n) is 8.38. The summed E-state index contributed by atoms with van der Waals surface area (Å²) in [6, 6.07) is 0.248. The molecule has 0 spiro atoms. The Morgan fingerprint density at radius 2 is 2.46 bits per heavy atom. The van der Waals surface area contributed by atoms with Crippen molar-refractivity contribution in [3.05, 3.63) is 0 Å². The molecule has 1 aliphatic rings. The van der Waals surface area contributed by atoms with Crippen LogP contribution in [0.4, 0.5) is 0 Å². The lowest BCUT2D eigenvalue weighted by Crippen LogP contribution is -2.40. The van der Waals surface area contributed by atoms with E-state index in [4.69, 9.17) is 4.74 Å². The van der Waals surface area contributed by atoms with Crippen LogP contribution in [0.25, 0.3) is 0 Å². The van der Waals surface area contributed by atoms with Crippen molar-refractivity contribution in [3.63, 3.8) is 0 Å². The predicted molar refractivity (Wildman–Crippen MR) is 50.3 cm³/mol. The lowest BCUT2D eigenvalue weighted by atomic mass is 10.1. The molecule has 1 amide bonds. The first-order valence-electron chi connectivity index (χ1n) is 4.78. The van der Waals surface area contributed by atoms with Crippen molar-refractivity contribution in [2.24, 2.45) is 0 Å². The van der Waals surface area contributed by atoms with Crippen LogP contribution in [0.15, 0.2) is 0 Å². The minimum atomic E-state index is 0.190. The van der Waals surface area contributed by atoms with Crippen molar-refractivity contribution in [3.8, 4) is 0 Å². The van der Waals surface area contributed by atoms with E-state index >= 15 is 0 Å². The summed E-state index contributed by atoms with van der Waals surface area (Å²) in [7, 11) is 1.68. The normalized spacial score (nSPS) is 19.5. The van der Waals surface area contributed by atoms with E-state index in [1.807, 2.05) is 4.90 Å². The summed E-state index contributed by atoms with van der Waals surface area (Å²) in [6.45, 7) is 3.91. The van der Waals surface area contributed by atoms with E-state index in [1.54, 1.807) is 7.11 Å². The number of nitrogens with zero attached hydrogens (tertiary/aromatic N) is 1. The first-order valence-corrected chi connectivity index (χ1v) is 4.78. The Balaban J connectivity index is 2.47. The van der Waals surface area contributed by atoms with Crippen molar-refractivity contribution >= 4 is 5.91 Å². The second-order valence-corrected chi connectivity index (χ2v) is 3.35.